The Hall–Kier alpha value is -2.60. The van der Waals surface area contributed by atoms with Crippen LogP contribution in [0.5, 0.6) is 5.75 Å². The first-order chi connectivity index (χ1) is 14.6. The van der Waals surface area contributed by atoms with Gasteiger partial charge in [-0.25, -0.2) is 26.4 Å². The van der Waals surface area contributed by atoms with Gasteiger partial charge in [0.25, 0.3) is 12.0 Å². The van der Waals surface area contributed by atoms with E-state index in [1.165, 1.54) is 18.3 Å². The molecular formula is C19H23F3N2O6S. The van der Waals surface area contributed by atoms with E-state index in [2.05, 4.69) is 4.98 Å². The summed E-state index contributed by atoms with van der Waals surface area (Å²) in [6, 6.07) is 4.82. The van der Waals surface area contributed by atoms with Crippen LogP contribution in [0, 0.1) is 5.82 Å². The Morgan fingerprint density at radius 3 is 2.61 bits per heavy atom. The number of alkyl halides is 2. The Labute approximate surface area is 176 Å². The van der Waals surface area contributed by atoms with Gasteiger partial charge in [-0.2, -0.15) is 0 Å². The number of nitrogens with one attached hydrogen (secondary N) is 1. The van der Waals surface area contributed by atoms with E-state index in [1.54, 1.807) is 6.92 Å². The molecule has 0 saturated heterocycles. The third-order valence-electron chi connectivity index (χ3n) is 4.26. The minimum Gasteiger partial charge on any atom is -0.485 e. The molecule has 12 heteroatoms. The van der Waals surface area contributed by atoms with E-state index in [9.17, 15) is 31.2 Å². The monoisotopic (exact) mass is 464 g/mol. The average Bonchev–Trinajstić information content (AvgIpc) is 2.68. The highest BCUT2D eigenvalue weighted by atomic mass is 32.2. The summed E-state index contributed by atoms with van der Waals surface area (Å²) in [5.41, 5.74) is -0.719. The van der Waals surface area contributed by atoms with E-state index >= 15 is 0 Å². The first-order valence-corrected chi connectivity index (χ1v) is 11.2. The minimum absolute atomic E-state index is 0.0708. The Kier molecular flexibility index (Phi) is 8.87. The van der Waals surface area contributed by atoms with Gasteiger partial charge in [0.2, 0.25) is 0 Å². The molecule has 31 heavy (non-hydrogen) atoms. The summed E-state index contributed by atoms with van der Waals surface area (Å²) in [5.74, 6) is -2.08. The van der Waals surface area contributed by atoms with Crippen molar-refractivity contribution in [3.63, 3.8) is 0 Å². The van der Waals surface area contributed by atoms with Crippen LogP contribution in [-0.2, 0) is 21.3 Å². The number of aromatic amines is 1. The summed E-state index contributed by atoms with van der Waals surface area (Å²) >= 11 is 0. The minimum atomic E-state index is -3.49. The molecule has 172 valence electrons. The van der Waals surface area contributed by atoms with Crippen molar-refractivity contribution in [1.29, 1.82) is 0 Å². The van der Waals surface area contributed by atoms with Crippen LogP contribution < -0.4 is 16.0 Å². The van der Waals surface area contributed by atoms with Crippen molar-refractivity contribution in [2.75, 3.05) is 24.7 Å². The van der Waals surface area contributed by atoms with Crippen molar-refractivity contribution in [2.24, 2.45) is 0 Å². The maximum absolute atomic E-state index is 13.7. The molecule has 1 heterocycles. The molecule has 0 aliphatic heterocycles. The fraction of sp³-hybridized carbons (Fsp3) is 0.474. The number of ether oxygens (including phenoxy) is 2. The van der Waals surface area contributed by atoms with Crippen LogP contribution in [0.4, 0.5) is 13.2 Å². The second-order valence-corrected chi connectivity index (χ2v) is 9.11. The lowest BCUT2D eigenvalue weighted by atomic mass is 10.0. The molecule has 0 spiro atoms. The molecule has 0 aliphatic rings. The van der Waals surface area contributed by atoms with Crippen LogP contribution in [0.15, 0.2) is 40.1 Å². The van der Waals surface area contributed by atoms with E-state index in [-0.39, 0.29) is 37.0 Å². The van der Waals surface area contributed by atoms with Crippen LogP contribution >= 0.6 is 0 Å². The molecule has 1 atom stereocenters. The molecule has 1 N–H and O–H groups in total. The molecule has 0 fully saturated rings. The molecular weight excluding hydrogens is 441 g/mol. The molecule has 2 aromatic rings. The summed E-state index contributed by atoms with van der Waals surface area (Å²) in [6.07, 6.45) is -1.31. The number of hydrogen-bond donors (Lipinski definition) is 1. The topological polar surface area (TPSA) is 107 Å². The lowest BCUT2D eigenvalue weighted by molar-refractivity contribution is 0.0745. The van der Waals surface area contributed by atoms with Crippen molar-refractivity contribution >= 4 is 9.84 Å². The van der Waals surface area contributed by atoms with Crippen molar-refractivity contribution in [1.82, 2.24) is 9.55 Å². The van der Waals surface area contributed by atoms with Crippen molar-refractivity contribution in [3.8, 4) is 5.75 Å². The highest BCUT2D eigenvalue weighted by Crippen LogP contribution is 2.25. The van der Waals surface area contributed by atoms with Gasteiger partial charge in [0, 0.05) is 18.9 Å². The number of nitrogens with zero attached hydrogens (tertiary/aromatic N) is 1. The predicted molar refractivity (Wildman–Crippen MR) is 107 cm³/mol. The highest BCUT2D eigenvalue weighted by Gasteiger charge is 2.19. The molecule has 0 aliphatic carbocycles. The molecule has 0 amide bonds. The molecule has 1 aromatic carbocycles. The Balaban J connectivity index is 1.84. The van der Waals surface area contributed by atoms with Gasteiger partial charge < -0.3 is 9.47 Å². The number of rotatable bonds is 12. The zero-order valence-corrected chi connectivity index (χ0v) is 17.5. The smallest absolute Gasteiger partial charge is 0.330 e. The average molecular weight is 464 g/mol. The number of aromatic nitrogens is 2. The zero-order chi connectivity index (χ0) is 23.0. The van der Waals surface area contributed by atoms with Gasteiger partial charge in [0.1, 0.15) is 13.3 Å². The molecule has 0 unspecified atom stereocenters. The Bertz CT molecular complexity index is 1080. The number of H-pyrrole nitrogens is 1. The van der Waals surface area contributed by atoms with Gasteiger partial charge in [-0.3, -0.25) is 14.3 Å². The van der Waals surface area contributed by atoms with Crippen LogP contribution in [0.2, 0.25) is 0 Å². The molecule has 8 nitrogen and oxygen atoms in total. The second-order valence-electron chi connectivity index (χ2n) is 6.88. The molecule has 0 bridgehead atoms. The maximum atomic E-state index is 13.7. The molecule has 2 rings (SSSR count). The number of halogens is 3. The fourth-order valence-corrected chi connectivity index (χ4v) is 4.42. The number of sulfone groups is 1. The van der Waals surface area contributed by atoms with E-state index in [0.29, 0.717) is 5.56 Å². The van der Waals surface area contributed by atoms with Crippen LogP contribution in [-0.4, -0.2) is 49.1 Å². The van der Waals surface area contributed by atoms with E-state index < -0.39 is 45.9 Å². The van der Waals surface area contributed by atoms with Gasteiger partial charge >= 0.3 is 5.69 Å². The standard InChI is InChI=1S/C19H23F3N2O6S/c1-13(14-3-4-15(20)16(9-14)30-10-17(21)22)11-31(27,28)8-2-7-29-12-24-6-5-18(25)23-19(24)26/h3-6,9,13,17H,2,7-8,10-12H2,1H3,(H,23,25,26)/t13-/m0/s1. The largest absolute Gasteiger partial charge is 0.485 e. The van der Waals surface area contributed by atoms with Gasteiger partial charge in [-0.1, -0.05) is 13.0 Å². The van der Waals surface area contributed by atoms with Crippen molar-refractivity contribution in [3.05, 3.63) is 62.7 Å². The number of benzene rings is 1. The predicted octanol–water partition coefficient (Wildman–Crippen LogP) is 1.90. The van der Waals surface area contributed by atoms with Gasteiger partial charge in [-0.05, 0) is 30.0 Å². The summed E-state index contributed by atoms with van der Waals surface area (Å²) in [6.45, 7) is 0.601. The third kappa shape index (κ3) is 8.21. The summed E-state index contributed by atoms with van der Waals surface area (Å²) in [5, 5.41) is 0. The van der Waals surface area contributed by atoms with Crippen LogP contribution in [0.3, 0.4) is 0 Å². The quantitative estimate of drug-likeness (QED) is 0.481. The lowest BCUT2D eigenvalue weighted by Gasteiger charge is -2.15. The van der Waals surface area contributed by atoms with E-state index in [0.717, 1.165) is 16.7 Å². The third-order valence-corrected chi connectivity index (χ3v) is 6.18. The van der Waals surface area contributed by atoms with Crippen molar-refractivity contribution < 1.29 is 31.1 Å². The summed E-state index contributed by atoms with van der Waals surface area (Å²) < 4.78 is 74.0. The SMILES string of the molecule is C[C@@H](CS(=O)(=O)CCCOCn1ccc(=O)[nH]c1=O)c1ccc(F)c(OCC(F)F)c1. The van der Waals surface area contributed by atoms with Crippen LogP contribution in [0.1, 0.15) is 24.8 Å². The van der Waals surface area contributed by atoms with Gasteiger partial charge in [0.15, 0.2) is 21.4 Å². The molecule has 0 saturated carbocycles. The van der Waals surface area contributed by atoms with Gasteiger partial charge in [-0.15, -0.1) is 0 Å². The summed E-state index contributed by atoms with van der Waals surface area (Å²) in [7, 11) is -3.49. The first-order valence-electron chi connectivity index (χ1n) is 9.36. The second kappa shape index (κ2) is 11.1. The Morgan fingerprint density at radius 2 is 1.94 bits per heavy atom. The maximum Gasteiger partial charge on any atom is 0.330 e. The molecule has 0 radical (unpaired) electrons. The highest BCUT2D eigenvalue weighted by molar-refractivity contribution is 7.91. The van der Waals surface area contributed by atoms with Gasteiger partial charge in [0.05, 0.1) is 11.5 Å². The normalized spacial score (nSPS) is 12.8. The first kappa shape index (κ1) is 24.7. The summed E-state index contributed by atoms with van der Waals surface area (Å²) in [4.78, 5) is 24.6. The van der Waals surface area contributed by atoms with E-state index in [1.807, 2.05) is 0 Å². The van der Waals surface area contributed by atoms with Crippen molar-refractivity contribution in [2.45, 2.75) is 32.4 Å². The molecule has 1 aromatic heterocycles. The van der Waals surface area contributed by atoms with Crippen LogP contribution in [0.25, 0.3) is 0 Å². The zero-order valence-electron chi connectivity index (χ0n) is 16.7. The number of hydrogen-bond acceptors (Lipinski definition) is 6. The fourth-order valence-electron chi connectivity index (χ4n) is 2.74. The Morgan fingerprint density at radius 1 is 1.19 bits per heavy atom. The lowest BCUT2D eigenvalue weighted by Crippen LogP contribution is -2.29. The van der Waals surface area contributed by atoms with E-state index in [4.69, 9.17) is 9.47 Å².